The van der Waals surface area contributed by atoms with Crippen LogP contribution in [0.1, 0.15) is 30.5 Å². The Kier molecular flexibility index (Phi) is 5.36. The topological polar surface area (TPSA) is 94.3 Å². The van der Waals surface area contributed by atoms with Crippen molar-refractivity contribution in [3.63, 3.8) is 0 Å². The number of nitriles is 1. The van der Waals surface area contributed by atoms with Gasteiger partial charge in [-0.1, -0.05) is 25.5 Å². The Balaban J connectivity index is 2.25. The van der Waals surface area contributed by atoms with E-state index in [-0.39, 0.29) is 23.2 Å². The maximum absolute atomic E-state index is 13.8. The summed E-state index contributed by atoms with van der Waals surface area (Å²) in [5.41, 5.74) is 0.716. The maximum atomic E-state index is 13.8. The summed E-state index contributed by atoms with van der Waals surface area (Å²) in [6.45, 7) is 1.32. The van der Waals surface area contributed by atoms with Gasteiger partial charge in [0.05, 0.1) is 16.8 Å². The van der Waals surface area contributed by atoms with E-state index in [1.165, 1.54) is 18.3 Å². The van der Waals surface area contributed by atoms with Crippen molar-refractivity contribution in [3.05, 3.63) is 41.6 Å². The number of aromatic nitrogens is 1. The van der Waals surface area contributed by atoms with E-state index >= 15 is 0 Å². The third-order valence-electron chi connectivity index (χ3n) is 5.27. The second kappa shape index (κ2) is 7.31. The molecule has 3 rings (SSSR count). The summed E-state index contributed by atoms with van der Waals surface area (Å²) in [5, 5.41) is 9.62. The summed E-state index contributed by atoms with van der Waals surface area (Å²) in [5.74, 6) is -2.31. The van der Waals surface area contributed by atoms with Gasteiger partial charge in [0.25, 0.3) is 10.1 Å². The highest BCUT2D eigenvalue weighted by atomic mass is 32.2. The molecule has 0 spiro atoms. The molecular weight excluding hydrogens is 395 g/mol. The average Bonchev–Trinajstić information content (AvgIpc) is 2.97. The van der Waals surface area contributed by atoms with Crippen LogP contribution in [-0.4, -0.2) is 41.5 Å². The fraction of sp³-hybridized carbons (Fsp3) is 0.444. The van der Waals surface area contributed by atoms with Gasteiger partial charge in [-0.2, -0.15) is 26.9 Å². The SMILES string of the molecule is CCC1CN(C(F)(F)F)C(c2ccc(C#N)c3ncccc23)C1CS(=O)(=O)O. The number of alkyl halides is 3. The maximum Gasteiger partial charge on any atom is 0.460 e. The van der Waals surface area contributed by atoms with Gasteiger partial charge in [-0.25, -0.2) is 4.90 Å². The number of nitrogens with zero attached hydrogens (tertiary/aromatic N) is 3. The van der Waals surface area contributed by atoms with E-state index in [4.69, 9.17) is 0 Å². The predicted molar refractivity (Wildman–Crippen MR) is 95.6 cm³/mol. The second-order valence-corrected chi connectivity index (χ2v) is 8.36. The van der Waals surface area contributed by atoms with Crippen molar-refractivity contribution in [1.29, 1.82) is 5.26 Å². The molecule has 1 aliphatic rings. The molecule has 1 aromatic carbocycles. The summed E-state index contributed by atoms with van der Waals surface area (Å²) >= 11 is 0. The van der Waals surface area contributed by atoms with Crippen molar-refractivity contribution >= 4 is 21.0 Å². The van der Waals surface area contributed by atoms with Crippen molar-refractivity contribution in [2.45, 2.75) is 25.7 Å². The van der Waals surface area contributed by atoms with Gasteiger partial charge in [-0.3, -0.25) is 9.54 Å². The number of likely N-dealkylation sites (tertiary alicyclic amines) is 1. The van der Waals surface area contributed by atoms with Crippen LogP contribution >= 0.6 is 0 Å². The molecule has 1 aliphatic heterocycles. The first-order valence-electron chi connectivity index (χ1n) is 8.63. The zero-order chi connectivity index (χ0) is 20.7. The van der Waals surface area contributed by atoms with Gasteiger partial charge < -0.3 is 0 Å². The lowest BCUT2D eigenvalue weighted by Gasteiger charge is -2.30. The number of halogens is 3. The molecule has 150 valence electrons. The molecule has 2 aromatic rings. The normalized spacial score (nSPS) is 23.8. The number of pyridine rings is 1. The highest BCUT2D eigenvalue weighted by Gasteiger charge is 2.53. The number of fused-ring (bicyclic) bond motifs is 1. The number of hydrogen-bond donors (Lipinski definition) is 1. The van der Waals surface area contributed by atoms with Crippen LogP contribution in [-0.2, 0) is 10.1 Å². The van der Waals surface area contributed by atoms with Crippen molar-refractivity contribution in [2.24, 2.45) is 11.8 Å². The van der Waals surface area contributed by atoms with Gasteiger partial charge in [0, 0.05) is 24.2 Å². The molecule has 28 heavy (non-hydrogen) atoms. The molecular formula is C18H18F3N3O3S. The van der Waals surface area contributed by atoms with E-state index in [9.17, 15) is 31.4 Å². The Morgan fingerprint density at radius 2 is 2.07 bits per heavy atom. The lowest BCUT2D eigenvalue weighted by molar-refractivity contribution is -0.253. The van der Waals surface area contributed by atoms with E-state index < -0.39 is 40.0 Å². The quantitative estimate of drug-likeness (QED) is 0.609. The molecule has 0 radical (unpaired) electrons. The Morgan fingerprint density at radius 3 is 2.64 bits per heavy atom. The minimum Gasteiger partial charge on any atom is -0.286 e. The van der Waals surface area contributed by atoms with Crippen molar-refractivity contribution in [1.82, 2.24) is 9.88 Å². The highest BCUT2D eigenvalue weighted by Crippen LogP contribution is 2.49. The standard InChI is InChI=1S/C18H18F3N3O3S/c1-2-11-9-24(18(19,20)21)17(15(11)10-28(25,26)27)14-6-5-12(8-22)16-13(14)4-3-7-23-16/h3-7,11,15,17H,2,9-10H2,1H3,(H,25,26,27). The van der Waals surface area contributed by atoms with Crippen LogP contribution in [0.15, 0.2) is 30.5 Å². The lowest BCUT2D eigenvalue weighted by atomic mass is 9.85. The van der Waals surface area contributed by atoms with Gasteiger partial charge in [-0.05, 0) is 29.5 Å². The van der Waals surface area contributed by atoms with Gasteiger partial charge in [0.15, 0.2) is 0 Å². The molecule has 1 N–H and O–H groups in total. The molecule has 0 saturated carbocycles. The van der Waals surface area contributed by atoms with E-state index in [2.05, 4.69) is 4.98 Å². The molecule has 0 bridgehead atoms. The van der Waals surface area contributed by atoms with Crippen LogP contribution in [0.3, 0.4) is 0 Å². The summed E-state index contributed by atoms with van der Waals surface area (Å²) in [6.07, 6.45) is -2.92. The van der Waals surface area contributed by atoms with Crippen LogP contribution in [0.5, 0.6) is 0 Å². The Morgan fingerprint density at radius 1 is 1.36 bits per heavy atom. The first kappa shape index (κ1) is 20.5. The largest absolute Gasteiger partial charge is 0.460 e. The third kappa shape index (κ3) is 3.83. The first-order chi connectivity index (χ1) is 13.1. The zero-order valence-corrected chi connectivity index (χ0v) is 15.7. The second-order valence-electron chi connectivity index (χ2n) is 6.86. The molecule has 3 unspecified atom stereocenters. The molecule has 0 aliphatic carbocycles. The molecule has 3 atom stereocenters. The minimum atomic E-state index is -4.69. The summed E-state index contributed by atoms with van der Waals surface area (Å²) in [4.78, 5) is 4.44. The van der Waals surface area contributed by atoms with Crippen LogP contribution in [0.25, 0.3) is 10.9 Å². The first-order valence-corrected chi connectivity index (χ1v) is 10.2. The van der Waals surface area contributed by atoms with Crippen LogP contribution in [0.2, 0.25) is 0 Å². The summed E-state index contributed by atoms with van der Waals surface area (Å²) in [6, 6.07) is 6.58. The summed E-state index contributed by atoms with van der Waals surface area (Å²) in [7, 11) is -4.49. The number of rotatable bonds is 4. The fourth-order valence-electron chi connectivity index (χ4n) is 4.10. The smallest absolute Gasteiger partial charge is 0.286 e. The number of hydrogen-bond acceptors (Lipinski definition) is 5. The Labute approximate surface area is 160 Å². The monoisotopic (exact) mass is 413 g/mol. The van der Waals surface area contributed by atoms with Gasteiger partial charge in [0.1, 0.15) is 6.07 Å². The van der Waals surface area contributed by atoms with Crippen molar-refractivity contribution in [3.8, 4) is 6.07 Å². The van der Waals surface area contributed by atoms with E-state index in [0.717, 1.165) is 0 Å². The van der Waals surface area contributed by atoms with Crippen LogP contribution in [0.4, 0.5) is 13.2 Å². The number of benzene rings is 1. The summed E-state index contributed by atoms with van der Waals surface area (Å²) < 4.78 is 73.9. The lowest BCUT2D eigenvalue weighted by Crippen LogP contribution is -2.39. The van der Waals surface area contributed by atoms with E-state index in [1.807, 2.05) is 6.07 Å². The van der Waals surface area contributed by atoms with Crippen LogP contribution < -0.4 is 0 Å². The Bertz CT molecular complexity index is 1030. The van der Waals surface area contributed by atoms with Crippen molar-refractivity contribution in [2.75, 3.05) is 12.3 Å². The molecule has 0 amide bonds. The van der Waals surface area contributed by atoms with E-state index in [1.54, 1.807) is 19.1 Å². The van der Waals surface area contributed by atoms with E-state index in [0.29, 0.717) is 16.7 Å². The molecule has 6 nitrogen and oxygen atoms in total. The van der Waals surface area contributed by atoms with Gasteiger partial charge in [-0.15, -0.1) is 0 Å². The fourth-order valence-corrected chi connectivity index (χ4v) is 5.04. The van der Waals surface area contributed by atoms with Gasteiger partial charge in [0.2, 0.25) is 0 Å². The average molecular weight is 413 g/mol. The molecule has 1 aromatic heterocycles. The predicted octanol–water partition coefficient (Wildman–Crippen LogP) is 3.51. The van der Waals surface area contributed by atoms with Crippen LogP contribution in [0, 0.1) is 23.2 Å². The molecule has 10 heteroatoms. The zero-order valence-electron chi connectivity index (χ0n) is 14.9. The highest BCUT2D eigenvalue weighted by molar-refractivity contribution is 7.85. The van der Waals surface area contributed by atoms with Gasteiger partial charge >= 0.3 is 6.30 Å². The third-order valence-corrected chi connectivity index (χ3v) is 6.08. The minimum absolute atomic E-state index is 0.217. The molecule has 1 saturated heterocycles. The van der Waals surface area contributed by atoms with Crippen molar-refractivity contribution < 1.29 is 26.1 Å². The molecule has 1 fully saturated rings. The molecule has 2 heterocycles. The Hall–Kier alpha value is -2.22.